The van der Waals surface area contributed by atoms with Crippen LogP contribution in [0.15, 0.2) is 48.5 Å². The van der Waals surface area contributed by atoms with Crippen molar-refractivity contribution in [2.24, 2.45) is 0 Å². The molecule has 31 heavy (non-hydrogen) atoms. The molecule has 1 atom stereocenters. The maximum atomic E-state index is 13.1. The van der Waals surface area contributed by atoms with Gasteiger partial charge in [-0.2, -0.15) is 0 Å². The van der Waals surface area contributed by atoms with Gasteiger partial charge in [0.05, 0.1) is 11.9 Å². The van der Waals surface area contributed by atoms with E-state index in [0.29, 0.717) is 25.4 Å². The summed E-state index contributed by atoms with van der Waals surface area (Å²) in [5.41, 5.74) is 3.49. The van der Waals surface area contributed by atoms with E-state index in [0.717, 1.165) is 30.2 Å². The summed E-state index contributed by atoms with van der Waals surface area (Å²) in [6.07, 6.45) is 2.74. The Balaban J connectivity index is 1.82. The van der Waals surface area contributed by atoms with E-state index in [2.05, 4.69) is 17.4 Å². The molecule has 1 heterocycles. The SMILES string of the molecule is Cc1ccc(N(C(C)C(=O)NCC2(c3ccccc3)CCOCC2)S(C)(=O)=O)cc1C. The van der Waals surface area contributed by atoms with E-state index in [4.69, 9.17) is 4.74 Å². The Morgan fingerprint density at radius 2 is 1.74 bits per heavy atom. The average Bonchev–Trinajstić information content (AvgIpc) is 2.75. The fraction of sp³-hybridized carbons (Fsp3) is 0.458. The van der Waals surface area contributed by atoms with Gasteiger partial charge >= 0.3 is 0 Å². The molecule has 1 amide bonds. The van der Waals surface area contributed by atoms with E-state index < -0.39 is 16.1 Å². The van der Waals surface area contributed by atoms with Gasteiger partial charge in [0.2, 0.25) is 15.9 Å². The summed E-state index contributed by atoms with van der Waals surface area (Å²) in [4.78, 5) is 13.1. The molecular formula is C24H32N2O4S. The predicted molar refractivity (Wildman–Crippen MR) is 124 cm³/mol. The molecule has 2 aromatic rings. The first-order valence-corrected chi connectivity index (χ1v) is 12.5. The number of nitrogens with zero attached hydrogens (tertiary/aromatic N) is 1. The van der Waals surface area contributed by atoms with Gasteiger partial charge in [-0.1, -0.05) is 36.4 Å². The summed E-state index contributed by atoms with van der Waals surface area (Å²) in [6, 6.07) is 14.7. The molecule has 2 aromatic carbocycles. The molecule has 1 aliphatic rings. The largest absolute Gasteiger partial charge is 0.381 e. The lowest BCUT2D eigenvalue weighted by molar-refractivity contribution is -0.122. The van der Waals surface area contributed by atoms with Crippen molar-refractivity contribution in [3.05, 3.63) is 65.2 Å². The van der Waals surface area contributed by atoms with Gasteiger partial charge in [0.25, 0.3) is 0 Å². The normalized spacial score (nSPS) is 17.0. The molecule has 0 saturated carbocycles. The van der Waals surface area contributed by atoms with Crippen LogP contribution in [0.3, 0.4) is 0 Å². The maximum absolute atomic E-state index is 13.1. The van der Waals surface area contributed by atoms with Crippen LogP contribution in [0.2, 0.25) is 0 Å². The first-order chi connectivity index (χ1) is 14.6. The second-order valence-corrected chi connectivity index (χ2v) is 10.3. The first kappa shape index (κ1) is 23.3. The van der Waals surface area contributed by atoms with Gasteiger partial charge in [-0.3, -0.25) is 9.10 Å². The number of rotatable bonds is 7. The Morgan fingerprint density at radius 3 is 2.32 bits per heavy atom. The van der Waals surface area contributed by atoms with Gasteiger partial charge in [0.1, 0.15) is 6.04 Å². The number of ether oxygens (including phenoxy) is 1. The molecule has 168 valence electrons. The van der Waals surface area contributed by atoms with Crippen molar-refractivity contribution in [3.8, 4) is 0 Å². The monoisotopic (exact) mass is 444 g/mol. The van der Waals surface area contributed by atoms with Crippen molar-refractivity contribution >= 4 is 21.6 Å². The first-order valence-electron chi connectivity index (χ1n) is 10.6. The molecule has 6 nitrogen and oxygen atoms in total. The van der Waals surface area contributed by atoms with Crippen LogP contribution < -0.4 is 9.62 Å². The highest BCUT2D eigenvalue weighted by Crippen LogP contribution is 2.34. The molecule has 0 aliphatic carbocycles. The van der Waals surface area contributed by atoms with Crippen LogP contribution in [0.1, 0.15) is 36.5 Å². The molecule has 0 bridgehead atoms. The van der Waals surface area contributed by atoms with E-state index >= 15 is 0 Å². The minimum absolute atomic E-state index is 0.217. The molecule has 0 spiro atoms. The van der Waals surface area contributed by atoms with Crippen LogP contribution in [0.4, 0.5) is 5.69 Å². The molecule has 1 saturated heterocycles. The van der Waals surface area contributed by atoms with Gasteiger partial charge in [-0.25, -0.2) is 8.42 Å². The van der Waals surface area contributed by atoms with E-state index in [9.17, 15) is 13.2 Å². The number of hydrogen-bond donors (Lipinski definition) is 1. The fourth-order valence-corrected chi connectivity index (χ4v) is 5.36. The molecule has 1 N–H and O–H groups in total. The second-order valence-electron chi connectivity index (χ2n) is 8.48. The summed E-state index contributed by atoms with van der Waals surface area (Å²) < 4.78 is 32.0. The summed E-state index contributed by atoms with van der Waals surface area (Å²) in [7, 11) is -3.65. The van der Waals surface area contributed by atoms with E-state index in [-0.39, 0.29) is 11.3 Å². The Kier molecular flexibility index (Phi) is 7.06. The second kappa shape index (κ2) is 9.40. The number of carbonyl (C=O) groups excluding carboxylic acids is 1. The smallest absolute Gasteiger partial charge is 0.243 e. The number of hydrogen-bond acceptors (Lipinski definition) is 4. The molecule has 0 aromatic heterocycles. The Bertz CT molecular complexity index is 1020. The van der Waals surface area contributed by atoms with Crippen molar-refractivity contribution < 1.29 is 17.9 Å². The average molecular weight is 445 g/mol. The van der Waals surface area contributed by atoms with Crippen LogP contribution in [0.5, 0.6) is 0 Å². The summed E-state index contributed by atoms with van der Waals surface area (Å²) in [5, 5.41) is 3.04. The molecule has 3 rings (SSSR count). The predicted octanol–water partition coefficient (Wildman–Crippen LogP) is 3.32. The van der Waals surface area contributed by atoms with Crippen LogP contribution in [-0.2, 0) is 25.0 Å². The number of carbonyl (C=O) groups is 1. The standard InChI is InChI=1S/C24H32N2O4S/c1-18-10-11-22(16-19(18)2)26(31(4,28)29)20(3)23(27)25-17-24(12-14-30-15-13-24)21-8-6-5-7-9-21/h5-11,16,20H,12-15,17H2,1-4H3,(H,25,27). The highest BCUT2D eigenvalue weighted by molar-refractivity contribution is 7.92. The van der Waals surface area contributed by atoms with Crippen molar-refractivity contribution in [2.75, 3.05) is 30.3 Å². The molecule has 1 fully saturated rings. The van der Waals surface area contributed by atoms with Gasteiger partial charge in [0.15, 0.2) is 0 Å². The summed E-state index contributed by atoms with van der Waals surface area (Å²) in [6.45, 7) is 7.24. The molecule has 0 radical (unpaired) electrons. The van der Waals surface area contributed by atoms with Gasteiger partial charge < -0.3 is 10.1 Å². The summed E-state index contributed by atoms with van der Waals surface area (Å²) >= 11 is 0. The zero-order valence-electron chi connectivity index (χ0n) is 18.7. The Morgan fingerprint density at radius 1 is 1.10 bits per heavy atom. The van der Waals surface area contributed by atoms with E-state index in [1.807, 2.05) is 44.2 Å². The highest BCUT2D eigenvalue weighted by Gasteiger charge is 2.36. The molecule has 1 aliphatic heterocycles. The number of aryl methyl sites for hydroxylation is 2. The summed E-state index contributed by atoms with van der Waals surface area (Å²) in [5.74, 6) is -0.314. The zero-order valence-corrected chi connectivity index (χ0v) is 19.5. The van der Waals surface area contributed by atoms with Crippen LogP contribution in [0, 0.1) is 13.8 Å². The number of anilines is 1. The third kappa shape index (κ3) is 5.28. The third-order valence-corrected chi connectivity index (χ3v) is 7.51. The van der Waals surface area contributed by atoms with Crippen molar-refractivity contribution in [1.82, 2.24) is 5.32 Å². The van der Waals surface area contributed by atoms with Gasteiger partial charge in [-0.05, 0) is 62.4 Å². The minimum atomic E-state index is -3.65. The topological polar surface area (TPSA) is 75.7 Å². The zero-order chi connectivity index (χ0) is 22.6. The van der Waals surface area contributed by atoms with Crippen LogP contribution in [0.25, 0.3) is 0 Å². The fourth-order valence-electron chi connectivity index (χ4n) is 4.20. The number of amides is 1. The molecule has 1 unspecified atom stereocenters. The number of benzene rings is 2. The van der Waals surface area contributed by atoms with Crippen molar-refractivity contribution in [3.63, 3.8) is 0 Å². The quantitative estimate of drug-likeness (QED) is 0.711. The Labute approximate surface area is 185 Å². The van der Waals surface area contributed by atoms with E-state index in [1.165, 1.54) is 9.87 Å². The maximum Gasteiger partial charge on any atom is 0.243 e. The van der Waals surface area contributed by atoms with Crippen molar-refractivity contribution in [2.45, 2.75) is 45.1 Å². The van der Waals surface area contributed by atoms with Crippen LogP contribution >= 0.6 is 0 Å². The van der Waals surface area contributed by atoms with E-state index in [1.54, 1.807) is 13.0 Å². The minimum Gasteiger partial charge on any atom is -0.381 e. The number of nitrogens with one attached hydrogen (secondary N) is 1. The number of sulfonamides is 1. The van der Waals surface area contributed by atoms with Gasteiger partial charge in [0, 0.05) is 25.2 Å². The lowest BCUT2D eigenvalue weighted by atomic mass is 9.74. The lowest BCUT2D eigenvalue weighted by Crippen LogP contribution is -2.51. The van der Waals surface area contributed by atoms with Crippen LogP contribution in [-0.4, -0.2) is 46.4 Å². The molecule has 7 heteroatoms. The lowest BCUT2D eigenvalue weighted by Gasteiger charge is -2.38. The van der Waals surface area contributed by atoms with Crippen molar-refractivity contribution in [1.29, 1.82) is 0 Å². The Hall–Kier alpha value is -2.38. The highest BCUT2D eigenvalue weighted by atomic mass is 32.2. The van der Waals surface area contributed by atoms with Gasteiger partial charge in [-0.15, -0.1) is 0 Å². The third-order valence-electron chi connectivity index (χ3n) is 6.27. The molecular weight excluding hydrogens is 412 g/mol.